The number of fused-ring (bicyclic) bond motifs is 3. The third kappa shape index (κ3) is 4.45. The first-order chi connectivity index (χ1) is 17.4. The van der Waals surface area contributed by atoms with E-state index in [2.05, 4.69) is 27.2 Å². The van der Waals surface area contributed by atoms with Gasteiger partial charge < -0.3 is 5.32 Å². The molecule has 1 N–H and O–H groups in total. The van der Waals surface area contributed by atoms with Crippen LogP contribution in [-0.4, -0.2) is 41.4 Å². The van der Waals surface area contributed by atoms with Crippen molar-refractivity contribution >= 4 is 23.2 Å². The predicted molar refractivity (Wildman–Crippen MR) is 138 cm³/mol. The van der Waals surface area contributed by atoms with E-state index in [1.807, 2.05) is 49.7 Å². The van der Waals surface area contributed by atoms with E-state index in [1.165, 1.54) is 0 Å². The number of nitrogens with one attached hydrogen (secondary N) is 1. The Hall–Kier alpha value is -4.45. The summed E-state index contributed by atoms with van der Waals surface area (Å²) in [5.74, 6) is 7.36. The summed E-state index contributed by atoms with van der Waals surface area (Å²) in [7, 11) is 0. The van der Waals surface area contributed by atoms with Crippen LogP contribution in [0.4, 0.5) is 5.82 Å². The molecule has 3 aromatic heterocycles. The van der Waals surface area contributed by atoms with E-state index >= 15 is 0 Å². The summed E-state index contributed by atoms with van der Waals surface area (Å²) in [6.07, 6.45) is 8.47. The second kappa shape index (κ2) is 9.66. The summed E-state index contributed by atoms with van der Waals surface area (Å²) in [6.45, 7) is 6.90. The second-order valence-electron chi connectivity index (χ2n) is 9.03. The van der Waals surface area contributed by atoms with E-state index in [-0.39, 0.29) is 17.5 Å². The Morgan fingerprint density at radius 2 is 2.14 bits per heavy atom. The molecule has 0 saturated heterocycles. The van der Waals surface area contributed by atoms with E-state index in [0.717, 1.165) is 23.3 Å². The van der Waals surface area contributed by atoms with Gasteiger partial charge in [-0.05, 0) is 38.5 Å². The molecule has 0 aliphatic carbocycles. The van der Waals surface area contributed by atoms with E-state index < -0.39 is 0 Å². The van der Waals surface area contributed by atoms with E-state index in [0.29, 0.717) is 42.2 Å². The highest BCUT2D eigenvalue weighted by Crippen LogP contribution is 2.27. The number of rotatable bonds is 6. The summed E-state index contributed by atoms with van der Waals surface area (Å²) in [6, 6.07) is 7.33. The van der Waals surface area contributed by atoms with Gasteiger partial charge in [0.2, 0.25) is 5.78 Å². The van der Waals surface area contributed by atoms with Crippen LogP contribution in [0.1, 0.15) is 54.2 Å². The summed E-state index contributed by atoms with van der Waals surface area (Å²) in [5.41, 5.74) is 3.65. The molecule has 4 aromatic rings. The molecule has 1 aliphatic rings. The SMILES string of the molecule is CCCn1c(=O)c2c(n3ccnc13)N=C(c1cnn(CC#Cc3cccc(C(=O)NC(C)C)c3)c1)C2. The van der Waals surface area contributed by atoms with Gasteiger partial charge in [-0.2, -0.15) is 5.10 Å². The zero-order valence-corrected chi connectivity index (χ0v) is 20.5. The number of hydrogen-bond donors (Lipinski definition) is 1. The topological polar surface area (TPSA) is 98.6 Å². The van der Waals surface area contributed by atoms with Crippen LogP contribution in [-0.2, 0) is 19.5 Å². The minimum absolute atomic E-state index is 0.0353. The summed E-state index contributed by atoms with van der Waals surface area (Å²) in [5, 5.41) is 7.31. The number of imidazole rings is 1. The molecular formula is C27H27N7O2. The van der Waals surface area contributed by atoms with Crippen LogP contribution in [0, 0.1) is 11.8 Å². The van der Waals surface area contributed by atoms with Crippen molar-refractivity contribution in [3.63, 3.8) is 0 Å². The molecule has 182 valence electrons. The number of nitrogens with zero attached hydrogens (tertiary/aromatic N) is 6. The maximum Gasteiger partial charge on any atom is 0.260 e. The first-order valence-corrected chi connectivity index (χ1v) is 12.0. The summed E-state index contributed by atoms with van der Waals surface area (Å²) < 4.78 is 5.34. The van der Waals surface area contributed by atoms with Crippen molar-refractivity contribution in [2.45, 2.75) is 52.7 Å². The highest BCUT2D eigenvalue weighted by Gasteiger charge is 2.25. The number of carbonyl (C=O) groups is 1. The van der Waals surface area contributed by atoms with Crippen LogP contribution in [0.3, 0.4) is 0 Å². The van der Waals surface area contributed by atoms with Gasteiger partial charge in [0.05, 0.1) is 17.5 Å². The molecule has 0 bridgehead atoms. The zero-order chi connectivity index (χ0) is 25.2. The monoisotopic (exact) mass is 481 g/mol. The molecule has 1 amide bonds. The number of aliphatic imine (C=N–C) groups is 1. The smallest absolute Gasteiger partial charge is 0.260 e. The lowest BCUT2D eigenvalue weighted by Gasteiger charge is -2.09. The molecule has 9 nitrogen and oxygen atoms in total. The molecule has 4 heterocycles. The Labute approximate surface area is 208 Å². The first kappa shape index (κ1) is 23.3. The van der Waals surface area contributed by atoms with Gasteiger partial charge >= 0.3 is 0 Å². The number of amides is 1. The maximum absolute atomic E-state index is 13.1. The van der Waals surface area contributed by atoms with Crippen LogP contribution in [0.15, 0.2) is 58.8 Å². The Morgan fingerprint density at radius 3 is 2.94 bits per heavy atom. The first-order valence-electron chi connectivity index (χ1n) is 12.0. The van der Waals surface area contributed by atoms with Gasteiger partial charge in [0.15, 0.2) is 0 Å². The van der Waals surface area contributed by atoms with Crippen molar-refractivity contribution in [1.29, 1.82) is 0 Å². The van der Waals surface area contributed by atoms with Gasteiger partial charge in [-0.1, -0.05) is 24.8 Å². The number of benzene rings is 1. The van der Waals surface area contributed by atoms with Crippen molar-refractivity contribution in [2.75, 3.05) is 0 Å². The molecule has 0 spiro atoms. The molecule has 36 heavy (non-hydrogen) atoms. The van der Waals surface area contributed by atoms with Crippen LogP contribution in [0.25, 0.3) is 5.78 Å². The number of aryl methyl sites for hydroxylation is 1. The van der Waals surface area contributed by atoms with Crippen molar-refractivity contribution < 1.29 is 4.79 Å². The summed E-state index contributed by atoms with van der Waals surface area (Å²) >= 11 is 0. The molecule has 5 rings (SSSR count). The van der Waals surface area contributed by atoms with Crippen molar-refractivity contribution in [3.05, 3.63) is 81.7 Å². The molecule has 0 saturated carbocycles. The summed E-state index contributed by atoms with van der Waals surface area (Å²) in [4.78, 5) is 34.5. The normalized spacial score (nSPS) is 12.4. The average molecular weight is 482 g/mol. The Bertz CT molecular complexity index is 1610. The average Bonchev–Trinajstić information content (AvgIpc) is 3.60. The van der Waals surface area contributed by atoms with Crippen LogP contribution < -0.4 is 10.9 Å². The van der Waals surface area contributed by atoms with E-state index in [4.69, 9.17) is 4.99 Å². The number of carbonyl (C=O) groups excluding carboxylic acids is 1. The van der Waals surface area contributed by atoms with Crippen molar-refractivity contribution in [2.24, 2.45) is 4.99 Å². The van der Waals surface area contributed by atoms with Crippen LogP contribution in [0.5, 0.6) is 0 Å². The van der Waals surface area contributed by atoms with Gasteiger partial charge in [-0.15, -0.1) is 0 Å². The largest absolute Gasteiger partial charge is 0.350 e. The van der Waals surface area contributed by atoms with Gasteiger partial charge in [0.25, 0.3) is 11.5 Å². The fourth-order valence-corrected chi connectivity index (χ4v) is 4.26. The minimum Gasteiger partial charge on any atom is -0.350 e. The predicted octanol–water partition coefficient (Wildman–Crippen LogP) is 2.97. The third-order valence-corrected chi connectivity index (χ3v) is 5.88. The van der Waals surface area contributed by atoms with E-state index in [9.17, 15) is 9.59 Å². The molecule has 9 heteroatoms. The molecule has 0 unspecified atom stereocenters. The fraction of sp³-hybridized carbons (Fsp3) is 0.296. The fourth-order valence-electron chi connectivity index (χ4n) is 4.26. The highest BCUT2D eigenvalue weighted by molar-refractivity contribution is 6.05. The maximum atomic E-state index is 13.1. The standard InChI is InChI=1S/C27H27N7O2/c1-4-11-34-26(36)22-15-23(31-24(22)33-13-10-28-27(33)34)21-16-29-32(17-21)12-6-8-19-7-5-9-20(14-19)25(35)30-18(2)3/h5,7,9-10,13-14,16-18H,4,11-12,15H2,1-3H3,(H,30,35). The lowest BCUT2D eigenvalue weighted by Crippen LogP contribution is -2.30. The zero-order valence-electron chi connectivity index (χ0n) is 20.5. The molecule has 0 atom stereocenters. The molecule has 1 aliphatic heterocycles. The molecule has 0 radical (unpaired) electrons. The molecular weight excluding hydrogens is 454 g/mol. The Kier molecular flexibility index (Phi) is 6.25. The Balaban J connectivity index is 1.33. The van der Waals surface area contributed by atoms with Crippen molar-refractivity contribution in [3.8, 4) is 11.8 Å². The molecule has 0 fully saturated rings. The quantitative estimate of drug-likeness (QED) is 0.428. The van der Waals surface area contributed by atoms with Gasteiger partial charge in [0, 0.05) is 54.3 Å². The van der Waals surface area contributed by atoms with Gasteiger partial charge in [-0.3, -0.25) is 23.2 Å². The van der Waals surface area contributed by atoms with Gasteiger partial charge in [-0.25, -0.2) is 9.98 Å². The second-order valence-corrected chi connectivity index (χ2v) is 9.03. The highest BCUT2D eigenvalue weighted by atomic mass is 16.1. The Morgan fingerprint density at radius 1 is 1.28 bits per heavy atom. The van der Waals surface area contributed by atoms with Crippen molar-refractivity contribution in [1.82, 2.24) is 29.0 Å². The minimum atomic E-state index is -0.113. The third-order valence-electron chi connectivity index (χ3n) is 5.88. The molecule has 1 aromatic carbocycles. The van der Waals surface area contributed by atoms with Crippen LogP contribution in [0.2, 0.25) is 0 Å². The number of aromatic nitrogens is 5. The van der Waals surface area contributed by atoms with Gasteiger partial charge in [0.1, 0.15) is 12.4 Å². The number of hydrogen-bond acceptors (Lipinski definition) is 5. The van der Waals surface area contributed by atoms with E-state index in [1.54, 1.807) is 33.8 Å². The lowest BCUT2D eigenvalue weighted by atomic mass is 10.1. The lowest BCUT2D eigenvalue weighted by molar-refractivity contribution is 0.0943. The van der Waals surface area contributed by atoms with Crippen LogP contribution >= 0.6 is 0 Å².